The van der Waals surface area contributed by atoms with E-state index in [-0.39, 0.29) is 11.4 Å². The third-order valence-electron chi connectivity index (χ3n) is 2.73. The van der Waals surface area contributed by atoms with E-state index in [2.05, 4.69) is 5.32 Å². The molecule has 7 heteroatoms. The van der Waals surface area contributed by atoms with Crippen LogP contribution in [0.25, 0.3) is 0 Å². The number of anilines is 1. The molecular formula is C14H23N3O4. The van der Waals surface area contributed by atoms with E-state index in [1.54, 1.807) is 25.1 Å². The van der Waals surface area contributed by atoms with Gasteiger partial charge in [0.1, 0.15) is 5.69 Å². The monoisotopic (exact) mass is 297 g/mol. The van der Waals surface area contributed by atoms with Gasteiger partial charge in [0.25, 0.3) is 0 Å². The molecule has 0 saturated heterocycles. The maximum atomic E-state index is 11.2. The summed E-state index contributed by atoms with van der Waals surface area (Å²) in [5, 5.41) is 14.2. The molecule has 1 rings (SSSR count). The Labute approximate surface area is 125 Å². The third kappa shape index (κ3) is 5.97. The van der Waals surface area contributed by atoms with Crippen molar-refractivity contribution in [2.75, 3.05) is 52.3 Å². The van der Waals surface area contributed by atoms with Crippen molar-refractivity contribution >= 4 is 11.4 Å². The van der Waals surface area contributed by atoms with Crippen molar-refractivity contribution in [3.8, 4) is 5.75 Å². The quantitative estimate of drug-likeness (QED) is 0.404. The number of nitro benzene ring substituents is 1. The lowest BCUT2D eigenvalue weighted by Crippen LogP contribution is -2.20. The van der Waals surface area contributed by atoms with Crippen LogP contribution in [0.3, 0.4) is 0 Å². The summed E-state index contributed by atoms with van der Waals surface area (Å²) in [6.07, 6.45) is 0. The van der Waals surface area contributed by atoms with E-state index in [0.29, 0.717) is 32.1 Å². The van der Waals surface area contributed by atoms with Gasteiger partial charge in [-0.05, 0) is 33.2 Å². The molecule has 0 aliphatic heterocycles. The predicted molar refractivity (Wildman–Crippen MR) is 82.1 cm³/mol. The zero-order chi connectivity index (χ0) is 15.7. The van der Waals surface area contributed by atoms with Crippen molar-refractivity contribution in [1.82, 2.24) is 4.90 Å². The van der Waals surface area contributed by atoms with Crippen LogP contribution < -0.4 is 10.1 Å². The van der Waals surface area contributed by atoms with Gasteiger partial charge in [0, 0.05) is 13.1 Å². The Morgan fingerprint density at radius 3 is 2.71 bits per heavy atom. The van der Waals surface area contributed by atoms with Crippen LogP contribution in [-0.2, 0) is 4.74 Å². The molecule has 1 aromatic carbocycles. The summed E-state index contributed by atoms with van der Waals surface area (Å²) in [4.78, 5) is 12.8. The van der Waals surface area contributed by atoms with Gasteiger partial charge in [0.05, 0.1) is 24.7 Å². The van der Waals surface area contributed by atoms with E-state index in [0.717, 1.165) is 6.54 Å². The van der Waals surface area contributed by atoms with Crippen molar-refractivity contribution in [3.63, 3.8) is 0 Å². The summed E-state index contributed by atoms with van der Waals surface area (Å²) >= 11 is 0. The molecule has 0 unspecified atom stereocenters. The lowest BCUT2D eigenvalue weighted by molar-refractivity contribution is -0.384. The van der Waals surface area contributed by atoms with Crippen LogP contribution in [-0.4, -0.2) is 56.8 Å². The van der Waals surface area contributed by atoms with E-state index in [4.69, 9.17) is 9.47 Å². The lowest BCUT2D eigenvalue weighted by Gasteiger charge is -2.12. The van der Waals surface area contributed by atoms with Gasteiger partial charge in [-0.3, -0.25) is 10.1 Å². The molecule has 0 amide bonds. The first-order valence-corrected chi connectivity index (χ1v) is 6.92. The number of hydrogen-bond acceptors (Lipinski definition) is 6. The number of rotatable bonds is 10. The number of nitrogens with zero attached hydrogens (tertiary/aromatic N) is 2. The Balaban J connectivity index is 2.54. The molecule has 0 radical (unpaired) electrons. The molecular weight excluding hydrogens is 274 g/mol. The van der Waals surface area contributed by atoms with Crippen molar-refractivity contribution < 1.29 is 14.4 Å². The van der Waals surface area contributed by atoms with Gasteiger partial charge in [0.2, 0.25) is 0 Å². The largest absolute Gasteiger partial charge is 0.487 e. The van der Waals surface area contributed by atoms with Gasteiger partial charge in [-0.15, -0.1) is 0 Å². The molecule has 0 aliphatic carbocycles. The lowest BCUT2D eigenvalue weighted by atomic mass is 10.2. The smallest absolute Gasteiger partial charge is 0.333 e. The van der Waals surface area contributed by atoms with Crippen molar-refractivity contribution in [2.24, 2.45) is 0 Å². The van der Waals surface area contributed by atoms with Crippen molar-refractivity contribution in [3.05, 3.63) is 28.3 Å². The summed E-state index contributed by atoms with van der Waals surface area (Å²) in [6.45, 7) is 4.66. The number of benzene rings is 1. The molecule has 0 spiro atoms. The van der Waals surface area contributed by atoms with Crippen molar-refractivity contribution in [2.45, 2.75) is 6.92 Å². The van der Waals surface area contributed by atoms with Crippen LogP contribution in [0.2, 0.25) is 0 Å². The fourth-order valence-corrected chi connectivity index (χ4v) is 1.73. The minimum absolute atomic E-state index is 0.0346. The first-order chi connectivity index (χ1) is 10.1. The normalized spacial score (nSPS) is 10.7. The first kappa shape index (κ1) is 17.2. The van der Waals surface area contributed by atoms with E-state index >= 15 is 0 Å². The molecule has 1 N–H and O–H groups in total. The highest BCUT2D eigenvalue weighted by molar-refractivity contribution is 5.68. The molecule has 118 valence electrons. The average molecular weight is 297 g/mol. The molecule has 0 heterocycles. The van der Waals surface area contributed by atoms with Gasteiger partial charge in [0.15, 0.2) is 5.75 Å². The standard InChI is InChI=1S/C14H23N3O4/c1-4-21-13-7-5-6-12(14(13)17(18)19)15-8-10-20-11-9-16(2)3/h5-7,15H,4,8-11H2,1-3H3. The zero-order valence-corrected chi connectivity index (χ0v) is 12.8. The predicted octanol–water partition coefficient (Wildman–Crippen LogP) is 1.98. The Kier molecular flexibility index (Phi) is 7.49. The third-order valence-corrected chi connectivity index (χ3v) is 2.73. The summed E-state index contributed by atoms with van der Waals surface area (Å²) < 4.78 is 10.7. The highest BCUT2D eigenvalue weighted by atomic mass is 16.6. The van der Waals surface area contributed by atoms with Crippen LogP contribution in [0.15, 0.2) is 18.2 Å². The number of nitrogens with one attached hydrogen (secondary N) is 1. The van der Waals surface area contributed by atoms with Gasteiger partial charge in [-0.2, -0.15) is 0 Å². The summed E-state index contributed by atoms with van der Waals surface area (Å²) in [6, 6.07) is 4.99. The molecule has 0 atom stereocenters. The van der Waals surface area contributed by atoms with Crippen LogP contribution in [0, 0.1) is 10.1 Å². The number of hydrogen-bond donors (Lipinski definition) is 1. The average Bonchev–Trinajstić information content (AvgIpc) is 2.42. The number of nitro groups is 1. The van der Waals surface area contributed by atoms with Crippen LogP contribution in [0.4, 0.5) is 11.4 Å². The van der Waals surface area contributed by atoms with Crippen LogP contribution in [0.5, 0.6) is 5.75 Å². The molecule has 0 bridgehead atoms. The Hall–Kier alpha value is -1.86. The van der Waals surface area contributed by atoms with E-state index in [9.17, 15) is 10.1 Å². The maximum absolute atomic E-state index is 11.2. The Bertz CT molecular complexity index is 452. The highest BCUT2D eigenvalue weighted by Gasteiger charge is 2.20. The van der Waals surface area contributed by atoms with E-state index < -0.39 is 4.92 Å². The van der Waals surface area contributed by atoms with Crippen molar-refractivity contribution in [1.29, 1.82) is 0 Å². The highest BCUT2D eigenvalue weighted by Crippen LogP contribution is 2.34. The maximum Gasteiger partial charge on any atom is 0.333 e. The molecule has 0 aromatic heterocycles. The summed E-state index contributed by atoms with van der Waals surface area (Å²) in [7, 11) is 3.95. The zero-order valence-electron chi connectivity index (χ0n) is 12.8. The Morgan fingerprint density at radius 1 is 1.33 bits per heavy atom. The molecule has 0 fully saturated rings. The second-order valence-electron chi connectivity index (χ2n) is 4.68. The van der Waals surface area contributed by atoms with Gasteiger partial charge >= 0.3 is 5.69 Å². The van der Waals surface area contributed by atoms with Crippen LogP contribution in [0.1, 0.15) is 6.92 Å². The van der Waals surface area contributed by atoms with E-state index in [1.165, 1.54) is 0 Å². The number of ether oxygens (including phenoxy) is 2. The Morgan fingerprint density at radius 2 is 2.10 bits per heavy atom. The number of likely N-dealkylation sites (N-methyl/N-ethyl adjacent to an activating group) is 1. The summed E-state index contributed by atoms with van der Waals surface area (Å²) in [5.74, 6) is 0.279. The molecule has 0 saturated carbocycles. The minimum Gasteiger partial charge on any atom is -0.487 e. The SMILES string of the molecule is CCOc1cccc(NCCOCCN(C)C)c1[N+](=O)[O-]. The van der Waals surface area contributed by atoms with Crippen LogP contribution >= 0.6 is 0 Å². The second kappa shape index (κ2) is 9.15. The van der Waals surface area contributed by atoms with E-state index in [1.807, 2.05) is 19.0 Å². The topological polar surface area (TPSA) is 76.9 Å². The van der Waals surface area contributed by atoms with Gasteiger partial charge in [-0.1, -0.05) is 6.07 Å². The fraction of sp³-hybridized carbons (Fsp3) is 0.571. The summed E-state index contributed by atoms with van der Waals surface area (Å²) in [5.41, 5.74) is 0.412. The molecule has 21 heavy (non-hydrogen) atoms. The molecule has 7 nitrogen and oxygen atoms in total. The molecule has 0 aliphatic rings. The first-order valence-electron chi connectivity index (χ1n) is 6.92. The molecule has 1 aromatic rings. The van der Waals surface area contributed by atoms with Gasteiger partial charge in [-0.25, -0.2) is 0 Å². The second-order valence-corrected chi connectivity index (χ2v) is 4.68. The minimum atomic E-state index is -0.430. The van der Waals surface area contributed by atoms with Gasteiger partial charge < -0.3 is 19.7 Å². The number of para-hydroxylation sites is 1. The fourth-order valence-electron chi connectivity index (χ4n) is 1.73.